The molecule has 0 aromatic carbocycles. The van der Waals surface area contributed by atoms with Crippen molar-refractivity contribution < 1.29 is 18.7 Å². The van der Waals surface area contributed by atoms with Gasteiger partial charge in [-0.3, -0.25) is 24.1 Å². The molecule has 0 radical (unpaired) electrons. The third-order valence-corrected chi connectivity index (χ3v) is 4.79. The summed E-state index contributed by atoms with van der Waals surface area (Å²) in [6.45, 7) is 4.87. The highest BCUT2D eigenvalue weighted by Crippen LogP contribution is 2.25. The molecular formula is C13H18N2O5S. The summed E-state index contributed by atoms with van der Waals surface area (Å²) in [7, 11) is -0.0914. The van der Waals surface area contributed by atoms with E-state index in [4.69, 9.17) is 0 Å². The highest BCUT2D eigenvalue weighted by molar-refractivity contribution is 7.84. The Hall–Kier alpha value is -1.83. The summed E-state index contributed by atoms with van der Waals surface area (Å²) in [6.07, 6.45) is 1.44. The summed E-state index contributed by atoms with van der Waals surface area (Å²) < 4.78 is 16.7. The standard InChI is InChI=1S/C13H18N2O5S/c1-8-6-14-11(10(3)13(8)15(17)18)7-21(19)9(2)5-12(16)20-4/h6,9H,5,7H2,1-4H3. The number of pyridine rings is 1. The summed E-state index contributed by atoms with van der Waals surface area (Å²) in [5.41, 5.74) is 1.30. The van der Waals surface area contributed by atoms with Gasteiger partial charge in [-0.1, -0.05) is 6.92 Å². The minimum absolute atomic E-state index is 0.00220. The van der Waals surface area contributed by atoms with Crippen molar-refractivity contribution in [2.45, 2.75) is 38.2 Å². The van der Waals surface area contributed by atoms with E-state index < -0.39 is 26.9 Å². The zero-order chi connectivity index (χ0) is 16.2. The summed E-state index contributed by atoms with van der Waals surface area (Å²) in [5.74, 6) is -0.360. The maximum atomic E-state index is 12.2. The summed E-state index contributed by atoms with van der Waals surface area (Å²) in [5, 5.41) is 10.6. The third kappa shape index (κ3) is 4.32. The summed E-state index contributed by atoms with van der Waals surface area (Å²) in [6, 6.07) is 0. The number of hydrogen-bond acceptors (Lipinski definition) is 6. The molecule has 21 heavy (non-hydrogen) atoms. The molecule has 7 nitrogen and oxygen atoms in total. The molecule has 1 aromatic rings. The Kier molecular flexibility index (Phi) is 5.95. The van der Waals surface area contributed by atoms with E-state index in [2.05, 4.69) is 9.72 Å². The SMILES string of the molecule is COC(=O)CC(C)S(=O)Cc1ncc(C)c([N+](=O)[O-])c1C. The maximum absolute atomic E-state index is 12.2. The van der Waals surface area contributed by atoms with Crippen LogP contribution >= 0.6 is 0 Å². The number of carbonyl (C=O) groups excluding carboxylic acids is 1. The van der Waals surface area contributed by atoms with Crippen molar-refractivity contribution in [2.75, 3.05) is 7.11 Å². The molecule has 0 aliphatic heterocycles. The molecule has 2 unspecified atom stereocenters. The van der Waals surface area contributed by atoms with E-state index in [1.54, 1.807) is 20.8 Å². The lowest BCUT2D eigenvalue weighted by Crippen LogP contribution is -2.19. The topological polar surface area (TPSA) is 99.4 Å². The molecule has 0 amide bonds. The van der Waals surface area contributed by atoms with Crippen molar-refractivity contribution in [2.24, 2.45) is 0 Å². The molecule has 0 fully saturated rings. The first-order chi connectivity index (χ1) is 9.77. The predicted molar refractivity (Wildman–Crippen MR) is 78.3 cm³/mol. The second-order valence-electron chi connectivity index (χ2n) is 4.73. The average molecular weight is 314 g/mol. The zero-order valence-electron chi connectivity index (χ0n) is 12.4. The smallest absolute Gasteiger partial charge is 0.306 e. The molecule has 0 saturated heterocycles. The van der Waals surface area contributed by atoms with Gasteiger partial charge >= 0.3 is 5.97 Å². The number of aromatic nitrogens is 1. The van der Waals surface area contributed by atoms with Crippen LogP contribution in [0.5, 0.6) is 0 Å². The highest BCUT2D eigenvalue weighted by atomic mass is 32.2. The predicted octanol–water partition coefficient (Wildman–Crippen LogP) is 1.81. The molecule has 2 atom stereocenters. The van der Waals surface area contributed by atoms with Gasteiger partial charge in [-0.05, 0) is 13.8 Å². The molecular weight excluding hydrogens is 296 g/mol. The molecule has 1 aromatic heterocycles. The Morgan fingerprint density at radius 3 is 2.67 bits per heavy atom. The fourth-order valence-electron chi connectivity index (χ4n) is 1.88. The molecule has 116 valence electrons. The average Bonchev–Trinajstić information content (AvgIpc) is 2.41. The lowest BCUT2D eigenvalue weighted by atomic mass is 10.1. The Labute approximate surface area is 125 Å². The van der Waals surface area contributed by atoms with Gasteiger partial charge in [0.2, 0.25) is 0 Å². The number of ether oxygens (including phenoxy) is 1. The zero-order valence-corrected chi connectivity index (χ0v) is 13.2. The normalized spacial score (nSPS) is 13.5. The van der Waals surface area contributed by atoms with Crippen LogP contribution in [0.3, 0.4) is 0 Å². The van der Waals surface area contributed by atoms with Crippen LogP contribution in [0.4, 0.5) is 5.69 Å². The molecule has 0 aliphatic rings. The largest absolute Gasteiger partial charge is 0.469 e. The van der Waals surface area contributed by atoms with Crippen LogP contribution in [0.1, 0.15) is 30.2 Å². The van der Waals surface area contributed by atoms with Gasteiger partial charge in [0.05, 0.1) is 29.9 Å². The van der Waals surface area contributed by atoms with Gasteiger partial charge in [-0.15, -0.1) is 0 Å². The maximum Gasteiger partial charge on any atom is 0.306 e. The fraction of sp³-hybridized carbons (Fsp3) is 0.538. The van der Waals surface area contributed by atoms with E-state index in [1.165, 1.54) is 13.3 Å². The third-order valence-electron chi connectivity index (χ3n) is 3.17. The van der Waals surface area contributed by atoms with E-state index in [0.29, 0.717) is 16.8 Å². The lowest BCUT2D eigenvalue weighted by molar-refractivity contribution is -0.386. The number of hydrogen-bond donors (Lipinski definition) is 0. The van der Waals surface area contributed by atoms with Crippen molar-refractivity contribution in [1.82, 2.24) is 4.98 Å². The van der Waals surface area contributed by atoms with E-state index in [0.717, 1.165) is 0 Å². The van der Waals surface area contributed by atoms with Gasteiger partial charge in [-0.25, -0.2) is 0 Å². The van der Waals surface area contributed by atoms with Gasteiger partial charge in [0.15, 0.2) is 0 Å². The number of nitrogens with zero attached hydrogens (tertiary/aromatic N) is 2. The first-order valence-electron chi connectivity index (χ1n) is 6.31. The molecule has 0 saturated carbocycles. The molecule has 1 heterocycles. The first kappa shape index (κ1) is 17.2. The van der Waals surface area contributed by atoms with Gasteiger partial charge in [0.1, 0.15) is 0 Å². The van der Waals surface area contributed by atoms with E-state index in [-0.39, 0.29) is 17.9 Å². The van der Waals surface area contributed by atoms with Crippen LogP contribution in [0.25, 0.3) is 0 Å². The minimum atomic E-state index is -1.36. The first-order valence-corrected chi connectivity index (χ1v) is 7.69. The van der Waals surface area contributed by atoms with Crippen molar-refractivity contribution in [3.05, 3.63) is 33.1 Å². The summed E-state index contributed by atoms with van der Waals surface area (Å²) >= 11 is 0. The molecule has 0 N–H and O–H groups in total. The quantitative estimate of drug-likeness (QED) is 0.451. The van der Waals surface area contributed by atoms with Crippen LogP contribution in [0, 0.1) is 24.0 Å². The van der Waals surface area contributed by atoms with Crippen molar-refractivity contribution in [3.8, 4) is 0 Å². The van der Waals surface area contributed by atoms with Crippen molar-refractivity contribution in [3.63, 3.8) is 0 Å². The number of methoxy groups -OCH3 is 1. The van der Waals surface area contributed by atoms with E-state index in [1.807, 2.05) is 0 Å². The van der Waals surface area contributed by atoms with Crippen LogP contribution < -0.4 is 0 Å². The van der Waals surface area contributed by atoms with Crippen molar-refractivity contribution >= 4 is 22.5 Å². The van der Waals surface area contributed by atoms with E-state index in [9.17, 15) is 19.1 Å². The van der Waals surface area contributed by atoms with Crippen LogP contribution in [-0.4, -0.2) is 32.4 Å². The second-order valence-corrected chi connectivity index (χ2v) is 6.59. The van der Waals surface area contributed by atoms with Crippen LogP contribution in [0.15, 0.2) is 6.20 Å². The Morgan fingerprint density at radius 2 is 2.14 bits per heavy atom. The Bertz CT molecular complexity index is 588. The molecule has 1 rings (SSSR count). The summed E-state index contributed by atoms with van der Waals surface area (Å²) in [4.78, 5) is 25.9. The molecule has 0 spiro atoms. The van der Waals surface area contributed by atoms with Gasteiger partial charge in [0.25, 0.3) is 5.69 Å². The molecule has 8 heteroatoms. The number of carbonyl (C=O) groups is 1. The number of esters is 1. The van der Waals surface area contributed by atoms with Gasteiger partial charge < -0.3 is 4.74 Å². The van der Waals surface area contributed by atoms with Crippen LogP contribution in [0.2, 0.25) is 0 Å². The monoisotopic (exact) mass is 314 g/mol. The van der Waals surface area contributed by atoms with Gasteiger partial charge in [-0.2, -0.15) is 0 Å². The van der Waals surface area contributed by atoms with E-state index >= 15 is 0 Å². The Balaban J connectivity index is 2.93. The lowest BCUT2D eigenvalue weighted by Gasteiger charge is -2.11. The Morgan fingerprint density at radius 1 is 1.52 bits per heavy atom. The fourth-order valence-corrected chi connectivity index (χ4v) is 3.05. The number of rotatable bonds is 6. The molecule has 0 bridgehead atoms. The van der Waals surface area contributed by atoms with Crippen LogP contribution in [-0.2, 0) is 26.1 Å². The second kappa shape index (κ2) is 7.26. The molecule has 0 aliphatic carbocycles. The highest BCUT2D eigenvalue weighted by Gasteiger charge is 2.22. The number of nitro groups is 1. The minimum Gasteiger partial charge on any atom is -0.469 e. The van der Waals surface area contributed by atoms with Gasteiger partial charge in [0, 0.05) is 33.4 Å². The number of aryl methyl sites for hydroxylation is 1. The van der Waals surface area contributed by atoms with Crippen molar-refractivity contribution in [1.29, 1.82) is 0 Å².